The van der Waals surface area contributed by atoms with Gasteiger partial charge in [0, 0.05) is 12.1 Å². The van der Waals surface area contributed by atoms with Crippen molar-refractivity contribution in [2.24, 2.45) is 0 Å². The van der Waals surface area contributed by atoms with E-state index in [1.165, 1.54) is 37.8 Å². The Balaban J connectivity index is 1.71. The van der Waals surface area contributed by atoms with Crippen molar-refractivity contribution in [2.75, 3.05) is 7.05 Å². The molecule has 2 atom stereocenters. The van der Waals surface area contributed by atoms with Gasteiger partial charge in [-0.1, -0.05) is 31.0 Å². The molecule has 2 fully saturated rings. The van der Waals surface area contributed by atoms with Crippen molar-refractivity contribution in [1.82, 2.24) is 4.90 Å². The highest BCUT2D eigenvalue weighted by molar-refractivity contribution is 5.28. The average Bonchev–Trinajstić information content (AvgIpc) is 2.45. The summed E-state index contributed by atoms with van der Waals surface area (Å²) < 4.78 is 38.7. The third-order valence-corrected chi connectivity index (χ3v) is 5.56. The first kappa shape index (κ1) is 15.9. The van der Waals surface area contributed by atoms with E-state index >= 15 is 0 Å². The highest BCUT2D eigenvalue weighted by Crippen LogP contribution is 2.39. The minimum absolute atomic E-state index is 0.267. The van der Waals surface area contributed by atoms with Gasteiger partial charge in [-0.15, -0.1) is 0 Å². The molecular weight excluding hydrogens is 287 g/mol. The maximum Gasteiger partial charge on any atom is 0.416 e. The van der Waals surface area contributed by atoms with Gasteiger partial charge in [-0.3, -0.25) is 0 Å². The summed E-state index contributed by atoms with van der Waals surface area (Å²) in [6.45, 7) is 0. The summed E-state index contributed by atoms with van der Waals surface area (Å²) in [5, 5.41) is 0. The molecule has 0 aromatic heterocycles. The van der Waals surface area contributed by atoms with Gasteiger partial charge in [-0.2, -0.15) is 13.2 Å². The first-order chi connectivity index (χ1) is 10.4. The lowest BCUT2D eigenvalue weighted by Crippen LogP contribution is -2.45. The molecule has 122 valence electrons. The summed E-state index contributed by atoms with van der Waals surface area (Å²) in [7, 11) is 2.20. The van der Waals surface area contributed by atoms with E-state index in [-0.39, 0.29) is 5.92 Å². The zero-order valence-corrected chi connectivity index (χ0v) is 13.1. The van der Waals surface area contributed by atoms with Crippen LogP contribution in [-0.2, 0) is 6.18 Å². The smallest absolute Gasteiger partial charge is 0.300 e. The Hall–Kier alpha value is -1.03. The molecule has 0 aliphatic heterocycles. The number of alkyl halides is 3. The monoisotopic (exact) mass is 311 g/mol. The molecule has 3 rings (SSSR count). The third kappa shape index (κ3) is 3.32. The van der Waals surface area contributed by atoms with Crippen LogP contribution in [0.15, 0.2) is 24.3 Å². The summed E-state index contributed by atoms with van der Waals surface area (Å²) in [4.78, 5) is 2.49. The molecule has 4 heteroatoms. The first-order valence-electron chi connectivity index (χ1n) is 8.34. The third-order valence-electron chi connectivity index (χ3n) is 5.56. The second kappa shape index (κ2) is 6.23. The number of nitrogens with zero attached hydrogens (tertiary/aromatic N) is 1. The Bertz CT molecular complexity index is 507. The van der Waals surface area contributed by atoms with E-state index in [0.717, 1.165) is 24.8 Å². The van der Waals surface area contributed by atoms with Gasteiger partial charge < -0.3 is 4.90 Å². The number of halogens is 3. The predicted molar refractivity (Wildman–Crippen MR) is 81.8 cm³/mol. The van der Waals surface area contributed by atoms with Gasteiger partial charge in [0.2, 0.25) is 0 Å². The van der Waals surface area contributed by atoms with Crippen molar-refractivity contribution in [3.8, 4) is 0 Å². The topological polar surface area (TPSA) is 3.24 Å². The lowest BCUT2D eigenvalue weighted by Gasteiger charge is -2.43. The largest absolute Gasteiger partial charge is 0.416 e. The van der Waals surface area contributed by atoms with Crippen molar-refractivity contribution in [3.05, 3.63) is 35.4 Å². The van der Waals surface area contributed by atoms with Crippen LogP contribution in [0.1, 0.15) is 62.0 Å². The fourth-order valence-electron chi connectivity index (χ4n) is 3.90. The minimum atomic E-state index is -4.24. The fourth-order valence-corrected chi connectivity index (χ4v) is 3.90. The second-order valence-electron chi connectivity index (χ2n) is 6.89. The second-order valence-corrected chi connectivity index (χ2v) is 6.89. The number of hydrogen-bond donors (Lipinski definition) is 0. The highest BCUT2D eigenvalue weighted by atomic mass is 19.4. The molecule has 0 spiro atoms. The summed E-state index contributed by atoms with van der Waals surface area (Å²) in [5.74, 6) is 0.267. The van der Waals surface area contributed by atoms with E-state index in [9.17, 15) is 13.2 Å². The first-order valence-corrected chi connectivity index (χ1v) is 8.34. The van der Waals surface area contributed by atoms with Crippen molar-refractivity contribution >= 4 is 0 Å². The zero-order chi connectivity index (χ0) is 15.7. The summed E-state index contributed by atoms with van der Waals surface area (Å²) in [6, 6.07) is 7.17. The maximum absolute atomic E-state index is 12.9. The maximum atomic E-state index is 12.9. The summed E-state index contributed by atoms with van der Waals surface area (Å²) in [5.41, 5.74) is 0.348. The highest BCUT2D eigenvalue weighted by Gasteiger charge is 2.34. The van der Waals surface area contributed by atoms with E-state index < -0.39 is 11.7 Å². The molecule has 0 saturated heterocycles. The number of benzene rings is 1. The quantitative estimate of drug-likeness (QED) is 0.740. The molecule has 1 nitrogen and oxygen atoms in total. The number of hydrogen-bond acceptors (Lipinski definition) is 1. The van der Waals surface area contributed by atoms with Crippen molar-refractivity contribution in [1.29, 1.82) is 0 Å². The van der Waals surface area contributed by atoms with Crippen LogP contribution in [0.4, 0.5) is 13.2 Å². The van der Waals surface area contributed by atoms with Crippen LogP contribution >= 0.6 is 0 Å². The molecule has 2 aliphatic carbocycles. The molecule has 2 unspecified atom stereocenters. The Labute approximate surface area is 130 Å². The van der Waals surface area contributed by atoms with Crippen LogP contribution in [0.5, 0.6) is 0 Å². The van der Waals surface area contributed by atoms with E-state index in [4.69, 9.17) is 0 Å². The van der Waals surface area contributed by atoms with Crippen molar-refractivity contribution in [3.63, 3.8) is 0 Å². The van der Waals surface area contributed by atoms with Crippen LogP contribution in [0.25, 0.3) is 0 Å². The Kier molecular flexibility index (Phi) is 4.49. The molecule has 2 aliphatic rings. The molecule has 1 aromatic rings. The van der Waals surface area contributed by atoms with Crippen molar-refractivity contribution < 1.29 is 13.2 Å². The Morgan fingerprint density at radius 3 is 2.32 bits per heavy atom. The summed E-state index contributed by atoms with van der Waals surface area (Å²) >= 11 is 0. The van der Waals surface area contributed by atoms with E-state index in [1.807, 2.05) is 6.07 Å². The molecular formula is C18H24F3N. The lowest BCUT2D eigenvalue weighted by molar-refractivity contribution is -0.137. The van der Waals surface area contributed by atoms with Gasteiger partial charge in [-0.05, 0) is 56.7 Å². The molecule has 22 heavy (non-hydrogen) atoms. The van der Waals surface area contributed by atoms with Crippen LogP contribution < -0.4 is 0 Å². The normalized spacial score (nSPS) is 27.0. The fraction of sp³-hybridized carbons (Fsp3) is 0.667. The van der Waals surface area contributed by atoms with Gasteiger partial charge in [0.15, 0.2) is 0 Å². The molecule has 0 radical (unpaired) electrons. The van der Waals surface area contributed by atoms with Crippen molar-refractivity contribution in [2.45, 2.75) is 69.1 Å². The molecule has 2 saturated carbocycles. The van der Waals surface area contributed by atoms with E-state index in [1.54, 1.807) is 6.07 Å². The van der Waals surface area contributed by atoms with E-state index in [0.29, 0.717) is 12.1 Å². The lowest BCUT2D eigenvalue weighted by atomic mass is 9.79. The van der Waals surface area contributed by atoms with E-state index in [2.05, 4.69) is 11.9 Å². The Morgan fingerprint density at radius 1 is 1.00 bits per heavy atom. The van der Waals surface area contributed by atoms with Gasteiger partial charge >= 0.3 is 6.18 Å². The average molecular weight is 311 g/mol. The van der Waals surface area contributed by atoms with Gasteiger partial charge in [0.25, 0.3) is 0 Å². The van der Waals surface area contributed by atoms with Crippen LogP contribution in [0.2, 0.25) is 0 Å². The van der Waals surface area contributed by atoms with Gasteiger partial charge in [-0.25, -0.2) is 0 Å². The minimum Gasteiger partial charge on any atom is -0.300 e. The number of rotatable bonds is 3. The van der Waals surface area contributed by atoms with Gasteiger partial charge in [0.1, 0.15) is 0 Å². The van der Waals surface area contributed by atoms with Crippen LogP contribution in [-0.4, -0.2) is 24.0 Å². The van der Waals surface area contributed by atoms with Gasteiger partial charge in [0.05, 0.1) is 5.56 Å². The molecule has 0 heterocycles. The summed E-state index contributed by atoms with van der Waals surface area (Å²) in [6.07, 6.45) is 3.93. The van der Waals surface area contributed by atoms with Crippen LogP contribution in [0, 0.1) is 0 Å². The zero-order valence-electron chi connectivity index (χ0n) is 13.1. The standard InChI is InChI=1S/C18H24F3N/c1-22(16-8-4-9-16)17-10-3-6-14(12-17)13-5-2-7-15(11-13)18(19,20)21/h2,5,7,11,14,16-17H,3-4,6,8-10,12H2,1H3. The van der Waals surface area contributed by atoms with Crippen LogP contribution in [0.3, 0.4) is 0 Å². The SMILES string of the molecule is CN(C1CCC1)C1CCCC(c2cccc(C(F)(F)F)c2)C1. The molecule has 1 aromatic carbocycles. The predicted octanol–water partition coefficient (Wildman–Crippen LogP) is 5.22. The Morgan fingerprint density at radius 2 is 1.68 bits per heavy atom. The molecule has 0 amide bonds. The molecule has 0 bridgehead atoms. The molecule has 0 N–H and O–H groups in total.